The van der Waals surface area contributed by atoms with Crippen LogP contribution in [0.25, 0.3) is 166 Å². The number of nitrogens with one attached hydrogen (secondary N) is 10. The molecule has 0 saturated carbocycles. The number of halogens is 10. The van der Waals surface area contributed by atoms with E-state index >= 15 is 0 Å². The highest BCUT2D eigenvalue weighted by Crippen LogP contribution is 2.41. The maximum Gasteiger partial charge on any atom is 0.416 e. The fourth-order valence-corrected chi connectivity index (χ4v) is 15.9. The van der Waals surface area contributed by atoms with Crippen molar-refractivity contribution in [2.75, 3.05) is 26.6 Å². The van der Waals surface area contributed by atoms with Crippen LogP contribution < -0.4 is 26.6 Å². The van der Waals surface area contributed by atoms with Gasteiger partial charge in [0, 0.05) is 82.4 Å². The van der Waals surface area contributed by atoms with E-state index in [1.807, 2.05) is 267 Å². The Morgan fingerprint density at radius 3 is 0.887 bits per heavy atom. The third-order valence-corrected chi connectivity index (χ3v) is 22.8. The first-order chi connectivity index (χ1) is 69.2. The quantitative estimate of drug-likeness (QED) is 0.0426. The number of H-pyrrole nitrogens is 5. The molecule has 142 heavy (non-hydrogen) atoms. The minimum absolute atomic E-state index is 0.130. The number of hydrogen-bond donors (Lipinski definition) is 10. The summed E-state index contributed by atoms with van der Waals surface area (Å²) in [5, 5.41) is 57.7. The van der Waals surface area contributed by atoms with Gasteiger partial charge in [0.2, 0.25) is 0 Å². The first kappa shape index (κ1) is 89.2. The molecular formula is C107H69F10N25. The van der Waals surface area contributed by atoms with Gasteiger partial charge in [-0.2, -0.15) is 51.8 Å². The molecule has 0 aliphatic rings. The van der Waals surface area contributed by atoms with Gasteiger partial charge < -0.3 is 26.6 Å². The van der Waals surface area contributed by atoms with Crippen LogP contribution in [0.2, 0.25) is 0 Å². The summed E-state index contributed by atoms with van der Waals surface area (Å²) in [6.07, 6.45) is -8.88. The van der Waals surface area contributed by atoms with Gasteiger partial charge in [-0.25, -0.2) is 67.4 Å². The molecule has 10 N–H and O–H groups in total. The second-order valence-electron chi connectivity index (χ2n) is 32.1. The van der Waals surface area contributed by atoms with Gasteiger partial charge in [-0.15, -0.1) is 0 Å². The molecule has 35 heteroatoms. The van der Waals surface area contributed by atoms with E-state index in [0.717, 1.165) is 112 Å². The second-order valence-corrected chi connectivity index (χ2v) is 32.1. The molecule has 0 unspecified atom stereocenters. The SMILES string of the molecule is FC(F)(F)c1ccc2[nH]nc(Nc3nc(-c4ccccc4)nc4ccccc34)c2c1.FC(F)(F)c1cccc(-c2nc(Nc3n[nH]c4ccccc34)c3ccccc3n2)c1.Fc1cc(F)c2[nH]nc(Nc3nc(-c4ccccc4)nc4ccccc34)c2c1.Fc1ccc2[nH]nc(Nc3nc(-c4ccccc4)nc4ccccc34)c2c1.Fc1cccc2c(Nc3nc(-c4ccccc4)nc4ccccc34)n[nH]c12. The maximum atomic E-state index is 14.0. The van der Waals surface area contributed by atoms with E-state index in [0.29, 0.717) is 113 Å². The second kappa shape index (κ2) is 38.4. The smallest absolute Gasteiger partial charge is 0.322 e. The van der Waals surface area contributed by atoms with Crippen molar-refractivity contribution in [1.29, 1.82) is 0 Å². The molecule has 0 aliphatic heterocycles. The highest BCUT2D eigenvalue weighted by molar-refractivity contribution is 6.03. The minimum Gasteiger partial charge on any atom is -0.322 e. The lowest BCUT2D eigenvalue weighted by Crippen LogP contribution is -2.05. The van der Waals surface area contributed by atoms with Crippen molar-refractivity contribution in [3.05, 3.63) is 392 Å². The van der Waals surface area contributed by atoms with E-state index in [2.05, 4.69) is 117 Å². The van der Waals surface area contributed by atoms with Crippen molar-refractivity contribution < 1.29 is 43.9 Å². The number of benzene rings is 15. The lowest BCUT2D eigenvalue weighted by molar-refractivity contribution is -0.138. The van der Waals surface area contributed by atoms with Crippen LogP contribution in [0.5, 0.6) is 0 Å². The number of rotatable bonds is 15. The molecule has 0 bridgehead atoms. The van der Waals surface area contributed by atoms with Crippen LogP contribution in [0.3, 0.4) is 0 Å². The number of hydrogen-bond acceptors (Lipinski definition) is 20. The topological polar surface area (TPSA) is 332 Å². The lowest BCUT2D eigenvalue weighted by atomic mass is 10.1. The molecule has 25 rings (SSSR count). The predicted octanol–water partition coefficient (Wildman–Crippen LogP) is 27.2. The fraction of sp³-hybridized carbons (Fsp3) is 0.0187. The van der Waals surface area contributed by atoms with Crippen molar-refractivity contribution >= 4 is 167 Å². The molecule has 0 amide bonds. The molecule has 0 atom stereocenters. The zero-order valence-electron chi connectivity index (χ0n) is 73.6. The molecule has 10 aromatic heterocycles. The zero-order chi connectivity index (χ0) is 97.0. The van der Waals surface area contributed by atoms with Gasteiger partial charge in [-0.1, -0.05) is 212 Å². The highest BCUT2D eigenvalue weighted by atomic mass is 19.4. The summed E-state index contributed by atoms with van der Waals surface area (Å²) in [7, 11) is 0. The molecule has 15 aromatic carbocycles. The van der Waals surface area contributed by atoms with Gasteiger partial charge in [0.05, 0.1) is 60.6 Å². The van der Waals surface area contributed by atoms with E-state index < -0.39 is 35.1 Å². The van der Waals surface area contributed by atoms with E-state index in [1.54, 1.807) is 24.3 Å². The Bertz CT molecular complexity index is 8850. The summed E-state index contributed by atoms with van der Waals surface area (Å²) < 4.78 is 134. The Morgan fingerprint density at radius 2 is 0.479 bits per heavy atom. The normalized spacial score (nSPS) is 11.5. The van der Waals surface area contributed by atoms with Gasteiger partial charge in [-0.3, -0.25) is 25.5 Å². The third-order valence-electron chi connectivity index (χ3n) is 22.8. The van der Waals surface area contributed by atoms with Gasteiger partial charge in [0.1, 0.15) is 57.6 Å². The van der Waals surface area contributed by atoms with Crippen LogP contribution in [0.4, 0.5) is 102 Å². The maximum absolute atomic E-state index is 14.0. The number of alkyl halides is 6. The lowest BCUT2D eigenvalue weighted by Gasteiger charge is -2.11. The highest BCUT2D eigenvalue weighted by Gasteiger charge is 2.33. The molecular weight excluding hydrogens is 1830 g/mol. The van der Waals surface area contributed by atoms with E-state index in [4.69, 9.17) is 9.97 Å². The Hall–Kier alpha value is -19.4. The van der Waals surface area contributed by atoms with Gasteiger partial charge in [-0.05, 0) is 140 Å². The summed E-state index contributed by atoms with van der Waals surface area (Å²) >= 11 is 0. The van der Waals surface area contributed by atoms with Crippen LogP contribution in [-0.4, -0.2) is 101 Å². The number of para-hydroxylation sites is 7. The van der Waals surface area contributed by atoms with Crippen LogP contribution in [0.1, 0.15) is 11.1 Å². The summed E-state index contributed by atoms with van der Waals surface area (Å²) in [6.45, 7) is 0. The van der Waals surface area contributed by atoms with Crippen LogP contribution in [0, 0.1) is 23.3 Å². The molecule has 25 aromatic rings. The first-order valence-electron chi connectivity index (χ1n) is 43.9. The Morgan fingerprint density at radius 1 is 0.190 bits per heavy atom. The van der Waals surface area contributed by atoms with Crippen LogP contribution in [-0.2, 0) is 12.4 Å². The molecule has 0 saturated heterocycles. The number of aromatic amines is 5. The van der Waals surface area contributed by atoms with Crippen molar-refractivity contribution in [1.82, 2.24) is 101 Å². The van der Waals surface area contributed by atoms with E-state index in [1.165, 1.54) is 36.4 Å². The largest absolute Gasteiger partial charge is 0.416 e. The predicted molar refractivity (Wildman–Crippen MR) is 532 cm³/mol. The van der Waals surface area contributed by atoms with Gasteiger partial charge >= 0.3 is 12.4 Å². The minimum atomic E-state index is -4.44. The standard InChI is InChI=1S/2C22H14F3N5.C21H13F2N5.2C21H14FN5/c23-22(24,25)14-7-5-6-13(12-14)19-26-17-10-3-1-8-15(17)20(27-19)28-21-16-9-2-4-11-18(16)29-30-21;23-22(24,25)14-10-11-18-16(12-14)21(30-29-18)28-20-15-8-4-5-9-17(15)26-19(27-20)13-6-2-1-3-7-13;22-13-10-15-18(16(23)11-13)27-28-21(15)26-20-14-8-4-5-9-17(14)24-19(25-20)12-6-2-1-3-7-12;22-16-11-6-10-15-18(16)26-27-21(15)25-20-14-9-4-5-12-17(14)23-19(24-20)13-7-2-1-3-8-13;22-14-10-11-18-16(12-14)21(27-26-18)25-20-15-8-4-5-9-17(15)23-19(24-20)13-6-2-1-3-7-13/h2*1-12H,(H2,26,27,28,29,30);1-11H,(H2,24,25,26,27,28);2*1-12H,(H2,23,24,25,26,27). The summed E-state index contributed by atoms with van der Waals surface area (Å²) in [5.41, 5.74) is 8.64. The summed E-state index contributed by atoms with van der Waals surface area (Å²) in [6, 6.07) is 104. The van der Waals surface area contributed by atoms with Crippen molar-refractivity contribution in [3.63, 3.8) is 0 Å². The van der Waals surface area contributed by atoms with E-state index in [-0.39, 0.29) is 40.2 Å². The first-order valence-corrected chi connectivity index (χ1v) is 43.9. The Balaban J connectivity index is 0.000000105. The number of fused-ring (bicyclic) bond motifs is 10. The molecule has 0 fully saturated rings. The number of nitrogens with zero attached hydrogens (tertiary/aromatic N) is 15. The monoisotopic (exact) mass is 1890 g/mol. The third kappa shape index (κ3) is 19.0. The molecule has 0 spiro atoms. The average molecular weight is 1890 g/mol. The fourth-order valence-electron chi connectivity index (χ4n) is 15.9. The van der Waals surface area contributed by atoms with Gasteiger partial charge in [0.25, 0.3) is 0 Å². The molecule has 0 radical (unpaired) electrons. The van der Waals surface area contributed by atoms with Crippen molar-refractivity contribution in [2.24, 2.45) is 0 Å². The Kier molecular flexibility index (Phi) is 24.1. The average Bonchev–Trinajstić information content (AvgIpc) is 1.60. The molecule has 692 valence electrons. The van der Waals surface area contributed by atoms with Crippen molar-refractivity contribution in [3.8, 4) is 56.9 Å². The molecule has 10 heterocycles. The number of aromatic nitrogens is 20. The summed E-state index contributed by atoms with van der Waals surface area (Å²) in [5.74, 6) is 5.28. The van der Waals surface area contributed by atoms with Crippen molar-refractivity contribution in [2.45, 2.75) is 12.4 Å². The van der Waals surface area contributed by atoms with Gasteiger partial charge in [0.15, 0.2) is 64.0 Å². The number of anilines is 10. The molecule has 25 nitrogen and oxygen atoms in total. The van der Waals surface area contributed by atoms with Crippen LogP contribution >= 0.6 is 0 Å². The van der Waals surface area contributed by atoms with Crippen LogP contribution in [0.15, 0.2) is 358 Å². The zero-order valence-corrected chi connectivity index (χ0v) is 73.6. The molecule has 0 aliphatic carbocycles. The Labute approximate surface area is 795 Å². The van der Waals surface area contributed by atoms with E-state index in [9.17, 15) is 43.9 Å². The summed E-state index contributed by atoms with van der Waals surface area (Å²) in [4.78, 5) is 46.3.